The lowest BCUT2D eigenvalue weighted by molar-refractivity contribution is -0.131. The second kappa shape index (κ2) is 15.5. The molecular formula is C42H63N7O. The summed E-state index contributed by atoms with van der Waals surface area (Å²) in [5, 5.41) is 1.21. The molecule has 4 aromatic heterocycles. The van der Waals surface area contributed by atoms with Gasteiger partial charge in [-0.2, -0.15) is 0 Å². The first-order valence-corrected chi connectivity index (χ1v) is 18.4. The van der Waals surface area contributed by atoms with Crippen LogP contribution >= 0.6 is 0 Å². The van der Waals surface area contributed by atoms with E-state index in [1.807, 2.05) is 41.7 Å². The highest BCUT2D eigenvalue weighted by Gasteiger charge is 2.30. The zero-order chi connectivity index (χ0) is 36.9. The highest BCUT2D eigenvalue weighted by molar-refractivity contribution is 5.78. The zero-order valence-corrected chi connectivity index (χ0v) is 33.0. The summed E-state index contributed by atoms with van der Waals surface area (Å²) < 4.78 is 2.20. The van der Waals surface area contributed by atoms with Gasteiger partial charge in [-0.3, -0.25) is 4.79 Å². The molecule has 0 aromatic carbocycles. The number of fused-ring (bicyclic) bond motifs is 3. The van der Waals surface area contributed by atoms with Crippen LogP contribution in [0.1, 0.15) is 113 Å². The fraction of sp³-hybridized carbons (Fsp3) is 0.571. The Morgan fingerprint density at radius 3 is 1.50 bits per heavy atom. The predicted molar refractivity (Wildman–Crippen MR) is 210 cm³/mol. The molecule has 4 aromatic rings. The number of carbonyl (C=O) groups excluding carboxylic acids is 1. The standard InChI is InChI=1S/C12H18N2.C11H16N2.C11H14N2.C8H15NO/c1-12(2,3)14-9-5-7-10-6-4-8-13-11(10)14;2*1-11(2,3)13-8-6-9-5-4-7-12-10(9)13;1-8(2,3)9-6-4-5-7(9)10/h4,6,8H,5,7,9H2,1-3H3;4-5,7H,6,8H2,1-3H3;4-8H,1-3H3;4-6H2,1-3H3. The average Bonchev–Trinajstić information content (AvgIpc) is 3.79. The zero-order valence-electron chi connectivity index (χ0n) is 33.0. The molecular weight excluding hydrogens is 619 g/mol. The van der Waals surface area contributed by atoms with Crippen LogP contribution in [-0.2, 0) is 23.2 Å². The molecule has 1 amide bonds. The third-order valence-corrected chi connectivity index (χ3v) is 9.35. The molecule has 3 aliphatic heterocycles. The summed E-state index contributed by atoms with van der Waals surface area (Å²) in [7, 11) is 0. The number of aryl methyl sites for hydroxylation is 1. The Morgan fingerprint density at radius 2 is 1.00 bits per heavy atom. The van der Waals surface area contributed by atoms with Crippen LogP contribution in [0.2, 0.25) is 0 Å². The van der Waals surface area contributed by atoms with E-state index in [1.54, 1.807) is 0 Å². The molecule has 0 spiro atoms. The number of hydrogen-bond acceptors (Lipinski definition) is 6. The first-order chi connectivity index (χ1) is 23.3. The van der Waals surface area contributed by atoms with Gasteiger partial charge in [-0.05, 0) is 150 Å². The Bertz CT molecular complexity index is 1700. The van der Waals surface area contributed by atoms with Crippen LogP contribution in [0.25, 0.3) is 11.0 Å². The van der Waals surface area contributed by atoms with Gasteiger partial charge in [-0.25, -0.2) is 15.0 Å². The number of nitrogens with zero attached hydrogens (tertiary/aromatic N) is 7. The summed E-state index contributed by atoms with van der Waals surface area (Å²) in [6.07, 6.45) is 13.0. The summed E-state index contributed by atoms with van der Waals surface area (Å²) in [4.78, 5) is 31.2. The fourth-order valence-corrected chi connectivity index (χ4v) is 6.78. The molecule has 0 unspecified atom stereocenters. The Kier molecular flexibility index (Phi) is 12.1. The van der Waals surface area contributed by atoms with Gasteiger partial charge < -0.3 is 19.3 Å². The molecule has 0 saturated carbocycles. The summed E-state index contributed by atoms with van der Waals surface area (Å²) in [5.41, 5.74) is 4.37. The van der Waals surface area contributed by atoms with Crippen molar-refractivity contribution in [3.05, 3.63) is 78.4 Å². The van der Waals surface area contributed by atoms with Gasteiger partial charge in [0, 0.05) is 78.4 Å². The van der Waals surface area contributed by atoms with Crippen molar-refractivity contribution in [2.45, 2.75) is 137 Å². The second-order valence-corrected chi connectivity index (χ2v) is 17.6. The van der Waals surface area contributed by atoms with Gasteiger partial charge in [0.2, 0.25) is 5.91 Å². The van der Waals surface area contributed by atoms with Crippen molar-refractivity contribution in [2.24, 2.45) is 0 Å². The highest BCUT2D eigenvalue weighted by Crippen LogP contribution is 2.31. The largest absolute Gasteiger partial charge is 0.352 e. The van der Waals surface area contributed by atoms with Crippen LogP contribution in [0, 0.1) is 0 Å². The summed E-state index contributed by atoms with van der Waals surface area (Å²) in [6.45, 7) is 29.4. The van der Waals surface area contributed by atoms with Crippen LogP contribution in [0.4, 0.5) is 11.6 Å². The number of rotatable bonds is 0. The van der Waals surface area contributed by atoms with Crippen LogP contribution in [0.3, 0.4) is 0 Å². The van der Waals surface area contributed by atoms with E-state index in [1.165, 1.54) is 41.0 Å². The smallest absolute Gasteiger partial charge is 0.223 e. The van der Waals surface area contributed by atoms with Gasteiger partial charge in [-0.15, -0.1) is 0 Å². The first-order valence-electron chi connectivity index (χ1n) is 18.4. The number of amides is 1. The Labute approximate surface area is 302 Å². The van der Waals surface area contributed by atoms with Gasteiger partial charge in [0.25, 0.3) is 0 Å². The quantitative estimate of drug-likeness (QED) is 0.185. The van der Waals surface area contributed by atoms with Gasteiger partial charge in [0.1, 0.15) is 17.3 Å². The van der Waals surface area contributed by atoms with Crippen molar-refractivity contribution >= 4 is 28.6 Å². The predicted octanol–water partition coefficient (Wildman–Crippen LogP) is 9.07. The van der Waals surface area contributed by atoms with E-state index in [0.29, 0.717) is 5.91 Å². The van der Waals surface area contributed by atoms with Crippen molar-refractivity contribution in [1.29, 1.82) is 0 Å². The number of likely N-dealkylation sites (tertiary alicyclic amines) is 1. The number of carbonyl (C=O) groups is 1. The molecule has 8 nitrogen and oxygen atoms in total. The molecule has 0 atom stereocenters. The van der Waals surface area contributed by atoms with Crippen LogP contribution in [0.5, 0.6) is 0 Å². The second-order valence-electron chi connectivity index (χ2n) is 17.6. The Balaban J connectivity index is 0.000000151. The minimum atomic E-state index is 0.0353. The number of pyridine rings is 3. The lowest BCUT2D eigenvalue weighted by atomic mass is 9.99. The van der Waals surface area contributed by atoms with Crippen molar-refractivity contribution in [3.8, 4) is 0 Å². The molecule has 50 heavy (non-hydrogen) atoms. The molecule has 7 rings (SSSR count). The molecule has 0 N–H and O–H groups in total. The van der Waals surface area contributed by atoms with Crippen LogP contribution < -0.4 is 9.80 Å². The van der Waals surface area contributed by atoms with Crippen LogP contribution in [-0.4, -0.2) is 66.6 Å². The molecule has 7 heterocycles. The molecule has 0 radical (unpaired) electrons. The first kappa shape index (κ1) is 38.9. The maximum atomic E-state index is 11.1. The normalized spacial score (nSPS) is 16.1. The lowest BCUT2D eigenvalue weighted by Crippen LogP contribution is -2.45. The highest BCUT2D eigenvalue weighted by atomic mass is 16.2. The van der Waals surface area contributed by atoms with E-state index in [9.17, 15) is 4.79 Å². The van der Waals surface area contributed by atoms with Crippen LogP contribution in [0.15, 0.2) is 67.3 Å². The van der Waals surface area contributed by atoms with E-state index in [4.69, 9.17) is 0 Å². The van der Waals surface area contributed by atoms with E-state index in [-0.39, 0.29) is 22.2 Å². The lowest BCUT2D eigenvalue weighted by Gasteiger charge is -2.40. The van der Waals surface area contributed by atoms with Crippen molar-refractivity contribution in [3.63, 3.8) is 0 Å². The topological polar surface area (TPSA) is 70.4 Å². The number of anilines is 2. The summed E-state index contributed by atoms with van der Waals surface area (Å²) >= 11 is 0. The molecule has 3 aliphatic rings. The Morgan fingerprint density at radius 1 is 0.520 bits per heavy atom. The average molecular weight is 682 g/mol. The molecule has 0 bridgehead atoms. The third kappa shape index (κ3) is 9.85. The minimum absolute atomic E-state index is 0.0353. The molecule has 8 heteroatoms. The van der Waals surface area contributed by atoms with E-state index in [2.05, 4.69) is 143 Å². The summed E-state index contributed by atoms with van der Waals surface area (Å²) in [6, 6.07) is 14.6. The molecule has 272 valence electrons. The summed E-state index contributed by atoms with van der Waals surface area (Å²) in [5.74, 6) is 2.67. The molecule has 1 saturated heterocycles. The van der Waals surface area contributed by atoms with Crippen molar-refractivity contribution in [1.82, 2.24) is 24.4 Å². The fourth-order valence-electron chi connectivity index (χ4n) is 6.78. The van der Waals surface area contributed by atoms with Crippen molar-refractivity contribution in [2.75, 3.05) is 29.4 Å². The monoisotopic (exact) mass is 682 g/mol. The van der Waals surface area contributed by atoms with E-state index >= 15 is 0 Å². The van der Waals surface area contributed by atoms with E-state index < -0.39 is 0 Å². The third-order valence-electron chi connectivity index (χ3n) is 9.35. The maximum Gasteiger partial charge on any atom is 0.223 e. The SMILES string of the molecule is CC(C)(C)N1CCCC1=O.CC(C)(C)N1CCCc2cccnc21.CC(C)(C)N1CCc2cccnc21.CC(C)(C)n1ccc2cccnc21. The van der Waals surface area contributed by atoms with E-state index in [0.717, 1.165) is 44.5 Å². The number of aromatic nitrogens is 4. The minimum Gasteiger partial charge on any atom is -0.352 e. The Hall–Kier alpha value is -3.94. The number of hydrogen-bond donors (Lipinski definition) is 0. The van der Waals surface area contributed by atoms with Gasteiger partial charge in [0.15, 0.2) is 0 Å². The molecule has 1 fully saturated rings. The van der Waals surface area contributed by atoms with Crippen molar-refractivity contribution < 1.29 is 4.79 Å². The maximum absolute atomic E-state index is 11.1. The van der Waals surface area contributed by atoms with Gasteiger partial charge >= 0.3 is 0 Å². The van der Waals surface area contributed by atoms with Gasteiger partial charge in [0.05, 0.1) is 0 Å². The van der Waals surface area contributed by atoms with Gasteiger partial charge in [-0.1, -0.05) is 12.1 Å². The molecule has 0 aliphatic carbocycles.